The van der Waals surface area contributed by atoms with Crippen molar-refractivity contribution in [1.29, 1.82) is 0 Å². The number of rotatable bonds is 5. The quantitative estimate of drug-likeness (QED) is 0.349. The number of aryl methyl sites for hydroxylation is 1. The van der Waals surface area contributed by atoms with Gasteiger partial charge in [0.15, 0.2) is 0 Å². The molecule has 0 saturated carbocycles. The number of nitrogens with zero attached hydrogens (tertiary/aromatic N) is 1. The summed E-state index contributed by atoms with van der Waals surface area (Å²) in [4.78, 5) is 36.9. The molecule has 0 spiro atoms. The predicted octanol–water partition coefficient (Wildman–Crippen LogP) is 3.06. The lowest BCUT2D eigenvalue weighted by atomic mass is 9.76. The van der Waals surface area contributed by atoms with E-state index in [9.17, 15) is 19.7 Å². The van der Waals surface area contributed by atoms with Gasteiger partial charge in [-0.15, -0.1) is 0 Å². The van der Waals surface area contributed by atoms with Crippen molar-refractivity contribution >= 4 is 11.8 Å². The maximum absolute atomic E-state index is 13.2. The summed E-state index contributed by atoms with van der Waals surface area (Å²) in [6, 6.07) is 13.0. The van der Waals surface area contributed by atoms with Crippen molar-refractivity contribution in [3.63, 3.8) is 0 Å². The molecule has 2 aromatic carbocycles. The van der Waals surface area contributed by atoms with E-state index in [1.165, 1.54) is 12.1 Å². The van der Waals surface area contributed by atoms with Gasteiger partial charge in [0.05, 0.1) is 17.6 Å². The van der Waals surface area contributed by atoms with Crippen molar-refractivity contribution in [3.05, 3.63) is 87.6 Å². The molecule has 7 heteroatoms. The molecule has 0 fully saturated rings. The van der Waals surface area contributed by atoms with Crippen molar-refractivity contribution in [1.82, 2.24) is 0 Å². The molecule has 0 unspecified atom stereocenters. The Morgan fingerprint density at radius 1 is 1.22 bits per heavy atom. The fourth-order valence-corrected chi connectivity index (χ4v) is 3.28. The minimum absolute atomic E-state index is 0.163. The van der Waals surface area contributed by atoms with Gasteiger partial charge >= 0.3 is 5.97 Å². The molecule has 0 amide bonds. The summed E-state index contributed by atoms with van der Waals surface area (Å²) >= 11 is 0. The van der Waals surface area contributed by atoms with Gasteiger partial charge in [-0.05, 0) is 31.2 Å². The van der Waals surface area contributed by atoms with Crippen LogP contribution in [0.25, 0.3) is 0 Å². The van der Waals surface area contributed by atoms with Crippen LogP contribution >= 0.6 is 0 Å². The van der Waals surface area contributed by atoms with Gasteiger partial charge in [0.2, 0.25) is 5.78 Å². The number of nitro groups is 1. The van der Waals surface area contributed by atoms with E-state index in [1.807, 2.05) is 6.92 Å². The van der Waals surface area contributed by atoms with E-state index >= 15 is 0 Å². The average Bonchev–Trinajstić information content (AvgIpc) is 2.96. The van der Waals surface area contributed by atoms with Gasteiger partial charge in [-0.3, -0.25) is 14.9 Å². The van der Waals surface area contributed by atoms with E-state index in [0.29, 0.717) is 5.56 Å². The predicted molar refractivity (Wildman–Crippen MR) is 96.2 cm³/mol. The highest BCUT2D eigenvalue weighted by molar-refractivity contribution is 6.20. The maximum Gasteiger partial charge on any atom is 0.359 e. The Kier molecular flexibility index (Phi) is 4.53. The first kappa shape index (κ1) is 18.3. The largest absolute Gasteiger partial charge is 0.466 e. The van der Waals surface area contributed by atoms with E-state index in [2.05, 4.69) is 6.58 Å². The smallest absolute Gasteiger partial charge is 0.359 e. The van der Waals surface area contributed by atoms with E-state index in [1.54, 1.807) is 36.4 Å². The molecule has 2 atom stereocenters. The number of hydrogen-bond acceptors (Lipinski definition) is 6. The van der Waals surface area contributed by atoms with Crippen LogP contribution in [0.5, 0.6) is 5.75 Å². The van der Waals surface area contributed by atoms with Crippen molar-refractivity contribution < 1.29 is 24.0 Å². The van der Waals surface area contributed by atoms with E-state index in [-0.39, 0.29) is 11.3 Å². The molecule has 2 aromatic rings. The molecule has 1 heterocycles. The molecule has 7 nitrogen and oxygen atoms in total. The summed E-state index contributed by atoms with van der Waals surface area (Å²) in [7, 11) is 1.10. The van der Waals surface area contributed by atoms with Gasteiger partial charge in [0.1, 0.15) is 11.7 Å². The molecule has 0 aromatic heterocycles. The van der Waals surface area contributed by atoms with Gasteiger partial charge in [-0.2, -0.15) is 0 Å². The summed E-state index contributed by atoms with van der Waals surface area (Å²) in [6.45, 7) is 5.37. The van der Waals surface area contributed by atoms with E-state index in [0.717, 1.165) is 12.7 Å². The van der Waals surface area contributed by atoms with E-state index in [4.69, 9.17) is 9.47 Å². The summed E-state index contributed by atoms with van der Waals surface area (Å²) in [5.41, 5.74) is -1.36. The Morgan fingerprint density at radius 2 is 1.85 bits per heavy atom. The highest BCUT2D eigenvalue weighted by Crippen LogP contribution is 2.46. The normalized spacial score (nSPS) is 19.0. The standard InChI is InChI=1S/C20H17NO6/c1-12-8-10-14(11-9-12)17(13(2)21(24)25)20(19(23)26-3)18(22)15-6-4-5-7-16(15)27-20/h4-11,17H,2H2,1,3H3/t17-,20-/m1/s1. The topological polar surface area (TPSA) is 95.7 Å². The zero-order chi connectivity index (χ0) is 19.8. The van der Waals surface area contributed by atoms with E-state index < -0.39 is 33.9 Å². The average molecular weight is 367 g/mol. The maximum atomic E-state index is 13.2. The fourth-order valence-electron chi connectivity index (χ4n) is 3.28. The molecule has 3 rings (SSSR count). The van der Waals surface area contributed by atoms with Crippen molar-refractivity contribution in [3.8, 4) is 5.75 Å². The Bertz CT molecular complexity index is 949. The second kappa shape index (κ2) is 6.68. The van der Waals surface area contributed by atoms with Crippen LogP contribution in [0, 0.1) is 17.0 Å². The minimum Gasteiger partial charge on any atom is -0.466 e. The number of methoxy groups -OCH3 is 1. The molecular weight excluding hydrogens is 350 g/mol. The Balaban J connectivity index is 2.27. The lowest BCUT2D eigenvalue weighted by Crippen LogP contribution is -2.54. The number of fused-ring (bicyclic) bond motifs is 1. The number of benzene rings is 2. The number of carbonyl (C=O) groups excluding carboxylic acids is 2. The van der Waals surface area contributed by atoms with Crippen LogP contribution in [0.4, 0.5) is 0 Å². The Hall–Kier alpha value is -3.48. The molecule has 0 saturated heterocycles. The molecule has 0 N–H and O–H groups in total. The van der Waals surface area contributed by atoms with Crippen LogP contribution in [-0.4, -0.2) is 29.4 Å². The molecule has 1 aliphatic heterocycles. The lowest BCUT2D eigenvalue weighted by Gasteiger charge is -2.31. The third-order valence-electron chi connectivity index (χ3n) is 4.61. The molecule has 1 aliphatic rings. The number of para-hydroxylation sites is 1. The van der Waals surface area contributed by atoms with Crippen LogP contribution in [0.3, 0.4) is 0 Å². The third kappa shape index (κ3) is 2.77. The monoisotopic (exact) mass is 367 g/mol. The number of ketones is 1. The number of ether oxygens (including phenoxy) is 2. The van der Waals surface area contributed by atoms with Gasteiger partial charge in [-0.1, -0.05) is 42.0 Å². The van der Waals surface area contributed by atoms with Crippen LogP contribution in [-0.2, 0) is 9.53 Å². The number of esters is 1. The molecule has 0 radical (unpaired) electrons. The molecule has 0 bridgehead atoms. The van der Waals surface area contributed by atoms with Gasteiger partial charge in [0.25, 0.3) is 11.3 Å². The summed E-state index contributed by atoms with van der Waals surface area (Å²) < 4.78 is 10.6. The first-order valence-electron chi connectivity index (χ1n) is 8.14. The summed E-state index contributed by atoms with van der Waals surface area (Å²) in [5.74, 6) is -2.91. The van der Waals surface area contributed by atoms with Gasteiger partial charge in [0, 0.05) is 0 Å². The highest BCUT2D eigenvalue weighted by atomic mass is 16.6. The second-order valence-electron chi connectivity index (χ2n) is 6.25. The zero-order valence-electron chi connectivity index (χ0n) is 14.8. The van der Waals surface area contributed by atoms with Crippen LogP contribution < -0.4 is 4.74 Å². The summed E-state index contributed by atoms with van der Waals surface area (Å²) in [5, 5.41) is 11.6. The first-order valence-corrected chi connectivity index (χ1v) is 8.14. The molecular formula is C20H17NO6. The van der Waals surface area contributed by atoms with Crippen LogP contribution in [0.15, 0.2) is 60.8 Å². The third-order valence-corrected chi connectivity index (χ3v) is 4.61. The van der Waals surface area contributed by atoms with Gasteiger partial charge in [-0.25, -0.2) is 4.79 Å². The second-order valence-corrected chi connectivity index (χ2v) is 6.25. The highest BCUT2D eigenvalue weighted by Gasteiger charge is 2.64. The van der Waals surface area contributed by atoms with Crippen molar-refractivity contribution in [2.45, 2.75) is 18.4 Å². The molecule has 138 valence electrons. The zero-order valence-corrected chi connectivity index (χ0v) is 14.8. The minimum atomic E-state index is -2.25. The molecule has 27 heavy (non-hydrogen) atoms. The fraction of sp³-hybridized carbons (Fsp3) is 0.200. The van der Waals surface area contributed by atoms with Crippen LogP contribution in [0.2, 0.25) is 0 Å². The SMILES string of the molecule is C=C([C@H](c1ccc(C)cc1)[C@@]1(C(=O)OC)Oc2ccccc2C1=O)[N+](=O)[O-]. The van der Waals surface area contributed by atoms with Gasteiger partial charge < -0.3 is 9.47 Å². The number of carbonyl (C=O) groups is 2. The number of hydrogen-bond donors (Lipinski definition) is 0. The van der Waals surface area contributed by atoms with Crippen molar-refractivity contribution in [2.75, 3.05) is 7.11 Å². The summed E-state index contributed by atoms with van der Waals surface area (Å²) in [6.07, 6.45) is 0. The lowest BCUT2D eigenvalue weighted by molar-refractivity contribution is -0.431. The van der Waals surface area contributed by atoms with Crippen molar-refractivity contribution in [2.24, 2.45) is 0 Å². The Morgan fingerprint density at radius 3 is 2.41 bits per heavy atom. The Labute approximate surface area is 155 Å². The van der Waals surface area contributed by atoms with Crippen LogP contribution in [0.1, 0.15) is 27.4 Å². The molecule has 0 aliphatic carbocycles. The first-order chi connectivity index (χ1) is 12.8. The number of Topliss-reactive ketones (excluding diaryl/α,β-unsaturated/α-hetero) is 1.